The third-order valence-corrected chi connectivity index (χ3v) is 4.81. The Hall–Kier alpha value is -2.87. The second kappa shape index (κ2) is 8.24. The number of aliphatic imine (C=N–C) groups is 1. The van der Waals surface area contributed by atoms with Gasteiger partial charge in [-0.2, -0.15) is 0 Å². The van der Waals surface area contributed by atoms with Crippen LogP contribution in [0.4, 0.5) is 17.6 Å². The third-order valence-electron chi connectivity index (χ3n) is 4.48. The summed E-state index contributed by atoms with van der Waals surface area (Å²) in [5.74, 6) is -5.21. The van der Waals surface area contributed by atoms with Crippen LogP contribution < -0.4 is 5.32 Å². The lowest BCUT2D eigenvalue weighted by atomic mass is 9.92. The molecule has 0 bridgehead atoms. The highest BCUT2D eigenvalue weighted by Crippen LogP contribution is 2.38. The number of nitrogens with zero attached hydrogens (tertiary/aromatic N) is 1. The summed E-state index contributed by atoms with van der Waals surface area (Å²) in [6.45, 7) is 1.59. The fourth-order valence-electron chi connectivity index (χ4n) is 3.14. The molecule has 1 aliphatic rings. The monoisotopic (exact) mass is 426 g/mol. The number of allylic oxidation sites excluding steroid dienone is 1. The zero-order valence-electron chi connectivity index (χ0n) is 15.1. The number of hydrogen-bond acceptors (Lipinski definition) is 3. The number of rotatable bonds is 5. The van der Waals surface area contributed by atoms with Gasteiger partial charge in [0.1, 0.15) is 35.1 Å². The molecule has 1 atom stereocenters. The highest BCUT2D eigenvalue weighted by atomic mass is 35.5. The molecular weight excluding hydrogens is 412 g/mol. The average molecular weight is 427 g/mol. The lowest BCUT2D eigenvalue weighted by Crippen LogP contribution is -2.31. The molecule has 0 spiro atoms. The van der Waals surface area contributed by atoms with E-state index in [1.54, 1.807) is 6.92 Å². The Morgan fingerprint density at radius 1 is 1.14 bits per heavy atom. The largest absolute Gasteiger partial charge is 0.481 e. The number of hydrogen-bond donors (Lipinski definition) is 2. The van der Waals surface area contributed by atoms with Crippen LogP contribution in [-0.4, -0.2) is 16.9 Å². The molecule has 9 heteroatoms. The van der Waals surface area contributed by atoms with Crippen LogP contribution in [0.3, 0.4) is 0 Å². The summed E-state index contributed by atoms with van der Waals surface area (Å²) in [4.78, 5) is 15.3. The maximum Gasteiger partial charge on any atom is 0.303 e. The highest BCUT2D eigenvalue weighted by molar-refractivity contribution is 6.31. The van der Waals surface area contributed by atoms with Crippen molar-refractivity contribution < 1.29 is 27.5 Å². The van der Waals surface area contributed by atoms with Crippen LogP contribution in [0, 0.1) is 23.3 Å². The van der Waals surface area contributed by atoms with E-state index in [-0.39, 0.29) is 23.7 Å². The van der Waals surface area contributed by atoms with E-state index in [1.807, 2.05) is 0 Å². The number of amidine groups is 1. The second-order valence-electron chi connectivity index (χ2n) is 6.46. The van der Waals surface area contributed by atoms with Crippen LogP contribution in [-0.2, 0) is 4.79 Å². The van der Waals surface area contributed by atoms with Crippen molar-refractivity contribution in [2.24, 2.45) is 4.99 Å². The smallest absolute Gasteiger partial charge is 0.303 e. The van der Waals surface area contributed by atoms with E-state index in [4.69, 9.17) is 16.7 Å². The summed E-state index contributed by atoms with van der Waals surface area (Å²) in [7, 11) is 0. The zero-order valence-corrected chi connectivity index (χ0v) is 15.8. The van der Waals surface area contributed by atoms with Crippen molar-refractivity contribution in [3.05, 3.63) is 81.0 Å². The van der Waals surface area contributed by atoms with Gasteiger partial charge in [0, 0.05) is 29.3 Å². The van der Waals surface area contributed by atoms with Gasteiger partial charge in [0.15, 0.2) is 0 Å². The summed E-state index contributed by atoms with van der Waals surface area (Å²) < 4.78 is 55.3. The summed E-state index contributed by atoms with van der Waals surface area (Å²) >= 11 is 6.15. The number of carboxylic acids is 1. The quantitative estimate of drug-likeness (QED) is 0.652. The minimum atomic E-state index is -1.15. The number of nitrogens with one attached hydrogen (secondary N) is 1. The van der Waals surface area contributed by atoms with E-state index in [1.165, 1.54) is 6.07 Å². The third kappa shape index (κ3) is 4.42. The molecule has 0 saturated heterocycles. The predicted molar refractivity (Wildman–Crippen MR) is 99.7 cm³/mol. The van der Waals surface area contributed by atoms with E-state index in [0.29, 0.717) is 29.0 Å². The minimum absolute atomic E-state index is 0.0284. The maximum absolute atomic E-state index is 14.3. The fourth-order valence-corrected chi connectivity index (χ4v) is 3.41. The Morgan fingerprint density at radius 2 is 1.79 bits per heavy atom. The van der Waals surface area contributed by atoms with E-state index < -0.39 is 40.8 Å². The molecule has 0 saturated carbocycles. The first kappa shape index (κ1) is 20.9. The number of aliphatic carboxylic acids is 1. The summed E-state index contributed by atoms with van der Waals surface area (Å²) in [6.07, 6.45) is -0.133. The average Bonchev–Trinajstić information content (AvgIpc) is 2.59. The first-order chi connectivity index (χ1) is 13.7. The summed E-state index contributed by atoms with van der Waals surface area (Å²) in [6, 6.07) is 3.75. The maximum atomic E-state index is 14.3. The number of carboxylic acid groups (broad SMARTS) is 1. The summed E-state index contributed by atoms with van der Waals surface area (Å²) in [5, 5.41) is 11.8. The van der Waals surface area contributed by atoms with E-state index in [0.717, 1.165) is 12.1 Å². The van der Waals surface area contributed by atoms with Crippen molar-refractivity contribution in [1.29, 1.82) is 0 Å². The molecule has 0 unspecified atom stereocenters. The van der Waals surface area contributed by atoms with Crippen molar-refractivity contribution in [3.8, 4) is 0 Å². The van der Waals surface area contributed by atoms with E-state index in [2.05, 4.69) is 10.3 Å². The van der Waals surface area contributed by atoms with Crippen LogP contribution in [0.5, 0.6) is 0 Å². The Labute approximate surface area is 168 Å². The molecule has 0 amide bonds. The van der Waals surface area contributed by atoms with Crippen molar-refractivity contribution in [2.45, 2.75) is 25.8 Å². The van der Waals surface area contributed by atoms with Gasteiger partial charge in [-0.05, 0) is 36.6 Å². The van der Waals surface area contributed by atoms with Crippen molar-refractivity contribution >= 4 is 23.4 Å². The lowest BCUT2D eigenvalue weighted by molar-refractivity contribution is -0.136. The number of carbonyl (C=O) groups is 1. The van der Waals surface area contributed by atoms with Crippen molar-refractivity contribution in [1.82, 2.24) is 5.32 Å². The van der Waals surface area contributed by atoms with Gasteiger partial charge in [-0.1, -0.05) is 17.7 Å². The molecule has 0 fully saturated rings. The van der Waals surface area contributed by atoms with Crippen molar-refractivity contribution in [2.75, 3.05) is 0 Å². The van der Waals surface area contributed by atoms with E-state index in [9.17, 15) is 22.4 Å². The Kier molecular flexibility index (Phi) is 5.93. The van der Waals surface area contributed by atoms with Gasteiger partial charge >= 0.3 is 5.97 Å². The number of benzene rings is 2. The molecule has 0 radical (unpaired) electrons. The highest BCUT2D eigenvalue weighted by Gasteiger charge is 2.29. The Morgan fingerprint density at radius 3 is 2.38 bits per heavy atom. The molecule has 1 heterocycles. The minimum Gasteiger partial charge on any atom is -0.481 e. The van der Waals surface area contributed by atoms with Gasteiger partial charge < -0.3 is 10.4 Å². The van der Waals surface area contributed by atoms with Crippen LogP contribution >= 0.6 is 11.6 Å². The Bertz CT molecular complexity index is 1030. The standard InChI is InChI=1S/C20H15ClF4N2O2/c1-9-12(4-5-17(28)29)19(13-3-2-10(22)6-14(13)21)27-20(26-9)18-15(24)7-11(23)8-16(18)25/h2-3,6-8,19H,4-5H2,1H3,(H,26,27)(H,28,29)/t19-/m1/s1. The molecule has 152 valence electrons. The first-order valence-electron chi connectivity index (χ1n) is 8.53. The van der Waals surface area contributed by atoms with Gasteiger partial charge in [-0.3, -0.25) is 9.79 Å². The number of halogens is 5. The lowest BCUT2D eigenvalue weighted by Gasteiger charge is -2.28. The molecule has 2 aromatic rings. The van der Waals surface area contributed by atoms with Crippen LogP contribution in [0.15, 0.2) is 46.6 Å². The second-order valence-corrected chi connectivity index (χ2v) is 6.87. The Balaban J connectivity index is 2.14. The predicted octanol–water partition coefficient (Wildman–Crippen LogP) is 5.13. The molecule has 29 heavy (non-hydrogen) atoms. The fraction of sp³-hybridized carbons (Fsp3) is 0.200. The van der Waals surface area contributed by atoms with Gasteiger partial charge in [0.05, 0.1) is 5.56 Å². The molecule has 1 aliphatic heterocycles. The van der Waals surface area contributed by atoms with Crippen LogP contribution in [0.2, 0.25) is 5.02 Å². The van der Waals surface area contributed by atoms with E-state index >= 15 is 0 Å². The van der Waals surface area contributed by atoms with Crippen LogP contribution in [0.1, 0.15) is 36.9 Å². The van der Waals surface area contributed by atoms with Gasteiger partial charge in [0.2, 0.25) is 0 Å². The van der Waals surface area contributed by atoms with Gasteiger partial charge in [-0.25, -0.2) is 17.6 Å². The molecule has 0 aromatic heterocycles. The SMILES string of the molecule is CC1=C(CCC(=O)O)[C@H](c2ccc(F)cc2Cl)N=C(c2c(F)cc(F)cc2F)N1. The van der Waals surface area contributed by atoms with Crippen molar-refractivity contribution in [3.63, 3.8) is 0 Å². The molecule has 3 rings (SSSR count). The first-order valence-corrected chi connectivity index (χ1v) is 8.91. The summed E-state index contributed by atoms with van der Waals surface area (Å²) in [5.41, 5.74) is 0.721. The zero-order chi connectivity index (χ0) is 21.3. The van der Waals surface area contributed by atoms with Crippen LogP contribution in [0.25, 0.3) is 0 Å². The normalized spacial score (nSPS) is 16.5. The topological polar surface area (TPSA) is 61.7 Å². The molecule has 2 N–H and O–H groups in total. The van der Waals surface area contributed by atoms with Gasteiger partial charge in [0.25, 0.3) is 0 Å². The molecule has 2 aromatic carbocycles. The molecule has 4 nitrogen and oxygen atoms in total. The molecule has 0 aliphatic carbocycles. The van der Waals surface area contributed by atoms with Gasteiger partial charge in [-0.15, -0.1) is 0 Å². The molecular formula is C20H15ClF4N2O2.